The number of hydrogen-bond acceptors (Lipinski definition) is 5. The Morgan fingerprint density at radius 3 is 2.61 bits per heavy atom. The van der Waals surface area contributed by atoms with E-state index < -0.39 is 0 Å². The summed E-state index contributed by atoms with van der Waals surface area (Å²) in [6.45, 7) is 9.94. The normalized spacial score (nSPS) is 19.0. The van der Waals surface area contributed by atoms with E-state index in [2.05, 4.69) is 30.8 Å². The summed E-state index contributed by atoms with van der Waals surface area (Å²) in [6.07, 6.45) is 6.71. The Kier molecular flexibility index (Phi) is 5.41. The topological polar surface area (TPSA) is 64.2 Å². The molecule has 0 bridgehead atoms. The quantitative estimate of drug-likeness (QED) is 0.809. The van der Waals surface area contributed by atoms with E-state index >= 15 is 0 Å². The van der Waals surface area contributed by atoms with Crippen molar-refractivity contribution in [3.63, 3.8) is 0 Å². The Morgan fingerprint density at radius 1 is 1.14 bits per heavy atom. The molecule has 0 N–H and O–H groups in total. The molecule has 1 aliphatic carbocycles. The molecule has 6 heteroatoms. The number of aryl methyl sites for hydroxylation is 2. The van der Waals surface area contributed by atoms with Crippen molar-refractivity contribution >= 4 is 0 Å². The maximum atomic E-state index is 12.2. The van der Waals surface area contributed by atoms with Crippen LogP contribution in [0.4, 0.5) is 0 Å². The first-order valence-electron chi connectivity index (χ1n) is 10.7. The van der Waals surface area contributed by atoms with Gasteiger partial charge in [-0.15, -0.1) is 0 Å². The number of aromatic nitrogens is 3. The van der Waals surface area contributed by atoms with Gasteiger partial charge in [0, 0.05) is 24.4 Å². The Labute approximate surface area is 167 Å². The predicted octanol–water partition coefficient (Wildman–Crippen LogP) is 3.32. The molecule has 4 rings (SSSR count). The van der Waals surface area contributed by atoms with Crippen LogP contribution >= 0.6 is 0 Å². The van der Waals surface area contributed by atoms with Crippen LogP contribution in [0.5, 0.6) is 0 Å². The first kappa shape index (κ1) is 19.4. The number of nitrogens with zero attached hydrogens (tertiary/aromatic N) is 4. The van der Waals surface area contributed by atoms with Gasteiger partial charge in [-0.25, -0.2) is 9.67 Å². The zero-order chi connectivity index (χ0) is 19.7. The Hall–Kier alpha value is -1.95. The van der Waals surface area contributed by atoms with E-state index in [0.717, 1.165) is 62.7 Å². The largest absolute Gasteiger partial charge is 0.444 e. The van der Waals surface area contributed by atoms with Crippen LogP contribution in [0.1, 0.15) is 69.5 Å². The summed E-state index contributed by atoms with van der Waals surface area (Å²) in [6, 6.07) is 3.52. The minimum absolute atomic E-state index is 0.000737. The van der Waals surface area contributed by atoms with Crippen LogP contribution in [0.2, 0.25) is 0 Å². The van der Waals surface area contributed by atoms with Gasteiger partial charge in [-0.1, -0.05) is 20.8 Å². The molecule has 152 valence electrons. The smallest absolute Gasteiger partial charge is 0.266 e. The number of oxazole rings is 1. The second kappa shape index (κ2) is 7.82. The molecular weight excluding hydrogens is 352 g/mol. The van der Waals surface area contributed by atoms with Crippen molar-refractivity contribution in [3.8, 4) is 0 Å². The zero-order valence-electron chi connectivity index (χ0n) is 17.4. The zero-order valence-corrected chi connectivity index (χ0v) is 17.4. The highest BCUT2D eigenvalue weighted by Gasteiger charge is 2.24. The van der Waals surface area contributed by atoms with Crippen molar-refractivity contribution in [1.82, 2.24) is 19.7 Å². The number of piperidine rings is 1. The standard InChI is InChI=1S/C22H32N4O2/c1-22(2,3)19-8-9-21(27)26(24-19)14-16-10-12-25(13-11-16)15-20-23-17-6-4-5-7-18(17)28-20/h8-9,16H,4-7,10-15H2,1-3H3. The summed E-state index contributed by atoms with van der Waals surface area (Å²) in [5.74, 6) is 2.48. The SMILES string of the molecule is CC(C)(C)c1ccc(=O)n(CC2CCN(Cc3nc4c(o3)CCCC4)CC2)n1. The van der Waals surface area contributed by atoms with Crippen LogP contribution in [0.15, 0.2) is 21.3 Å². The minimum Gasteiger partial charge on any atom is -0.444 e. The number of rotatable bonds is 4. The molecule has 0 radical (unpaired) electrons. The van der Waals surface area contributed by atoms with E-state index in [4.69, 9.17) is 9.40 Å². The van der Waals surface area contributed by atoms with Gasteiger partial charge < -0.3 is 4.42 Å². The van der Waals surface area contributed by atoms with E-state index in [1.807, 2.05) is 6.07 Å². The van der Waals surface area contributed by atoms with Crippen LogP contribution in [-0.2, 0) is 31.3 Å². The summed E-state index contributed by atoms with van der Waals surface area (Å²) >= 11 is 0. The van der Waals surface area contributed by atoms with E-state index in [1.54, 1.807) is 10.7 Å². The highest BCUT2D eigenvalue weighted by molar-refractivity contribution is 5.13. The van der Waals surface area contributed by atoms with E-state index in [-0.39, 0.29) is 11.0 Å². The van der Waals surface area contributed by atoms with Crippen molar-refractivity contribution in [2.45, 2.75) is 77.8 Å². The Bertz CT molecular complexity index is 846. The molecule has 2 aromatic rings. The van der Waals surface area contributed by atoms with Crippen LogP contribution in [0, 0.1) is 5.92 Å². The molecule has 1 fully saturated rings. The van der Waals surface area contributed by atoms with Crippen molar-refractivity contribution in [1.29, 1.82) is 0 Å². The van der Waals surface area contributed by atoms with Crippen LogP contribution in [0.25, 0.3) is 0 Å². The lowest BCUT2D eigenvalue weighted by atomic mass is 9.92. The molecule has 1 aliphatic heterocycles. The van der Waals surface area contributed by atoms with Crippen molar-refractivity contribution in [2.75, 3.05) is 13.1 Å². The Balaban J connectivity index is 1.33. The summed E-state index contributed by atoms with van der Waals surface area (Å²) in [4.78, 5) is 19.4. The molecular formula is C22H32N4O2. The molecule has 1 saturated heterocycles. The van der Waals surface area contributed by atoms with Gasteiger partial charge in [0.05, 0.1) is 17.9 Å². The summed E-state index contributed by atoms with van der Waals surface area (Å²) in [5.41, 5.74) is 2.10. The molecule has 0 aromatic carbocycles. The van der Waals surface area contributed by atoms with Gasteiger partial charge in [0.2, 0.25) is 5.89 Å². The third kappa shape index (κ3) is 4.37. The fraction of sp³-hybridized carbons (Fsp3) is 0.682. The van der Waals surface area contributed by atoms with Gasteiger partial charge in [-0.3, -0.25) is 9.69 Å². The van der Waals surface area contributed by atoms with E-state index in [1.165, 1.54) is 18.5 Å². The lowest BCUT2D eigenvalue weighted by molar-refractivity contribution is 0.151. The molecule has 6 nitrogen and oxygen atoms in total. The number of fused-ring (bicyclic) bond motifs is 1. The fourth-order valence-corrected chi connectivity index (χ4v) is 4.22. The number of likely N-dealkylation sites (tertiary alicyclic amines) is 1. The highest BCUT2D eigenvalue weighted by atomic mass is 16.4. The molecule has 2 aliphatic rings. The first-order valence-corrected chi connectivity index (χ1v) is 10.7. The molecule has 0 atom stereocenters. The predicted molar refractivity (Wildman–Crippen MR) is 108 cm³/mol. The van der Waals surface area contributed by atoms with Crippen molar-refractivity contribution in [2.24, 2.45) is 5.92 Å². The summed E-state index contributed by atoms with van der Waals surface area (Å²) in [7, 11) is 0. The molecule has 0 saturated carbocycles. The van der Waals surface area contributed by atoms with Gasteiger partial charge in [-0.05, 0) is 57.2 Å². The van der Waals surface area contributed by atoms with Gasteiger partial charge in [0.1, 0.15) is 5.76 Å². The maximum Gasteiger partial charge on any atom is 0.266 e. The van der Waals surface area contributed by atoms with Gasteiger partial charge in [-0.2, -0.15) is 5.10 Å². The molecule has 0 unspecified atom stereocenters. The average molecular weight is 385 g/mol. The second-order valence-electron chi connectivity index (χ2n) is 9.39. The van der Waals surface area contributed by atoms with E-state index in [0.29, 0.717) is 12.5 Å². The fourth-order valence-electron chi connectivity index (χ4n) is 4.22. The third-order valence-electron chi connectivity index (χ3n) is 6.02. The van der Waals surface area contributed by atoms with E-state index in [9.17, 15) is 4.79 Å². The summed E-state index contributed by atoms with van der Waals surface area (Å²) in [5, 5.41) is 4.63. The van der Waals surface area contributed by atoms with Crippen LogP contribution < -0.4 is 5.56 Å². The lowest BCUT2D eigenvalue weighted by Crippen LogP contribution is -2.37. The van der Waals surface area contributed by atoms with Gasteiger partial charge in [0.15, 0.2) is 0 Å². The van der Waals surface area contributed by atoms with Gasteiger partial charge >= 0.3 is 0 Å². The third-order valence-corrected chi connectivity index (χ3v) is 6.02. The molecule has 28 heavy (non-hydrogen) atoms. The monoisotopic (exact) mass is 384 g/mol. The average Bonchev–Trinajstić information content (AvgIpc) is 3.06. The minimum atomic E-state index is -0.0476. The highest BCUT2D eigenvalue weighted by Crippen LogP contribution is 2.25. The lowest BCUT2D eigenvalue weighted by Gasteiger charge is -2.31. The molecule has 0 amide bonds. The second-order valence-corrected chi connectivity index (χ2v) is 9.39. The van der Waals surface area contributed by atoms with Crippen LogP contribution in [0.3, 0.4) is 0 Å². The first-order chi connectivity index (χ1) is 13.4. The van der Waals surface area contributed by atoms with Crippen molar-refractivity contribution < 1.29 is 4.42 Å². The molecule has 0 spiro atoms. The van der Waals surface area contributed by atoms with Crippen molar-refractivity contribution in [3.05, 3.63) is 45.5 Å². The molecule has 3 heterocycles. The maximum absolute atomic E-state index is 12.2. The summed E-state index contributed by atoms with van der Waals surface area (Å²) < 4.78 is 7.65. The van der Waals surface area contributed by atoms with Crippen LogP contribution in [-0.4, -0.2) is 32.8 Å². The molecule has 2 aromatic heterocycles. The van der Waals surface area contributed by atoms with Gasteiger partial charge in [0.25, 0.3) is 5.56 Å². The Morgan fingerprint density at radius 2 is 1.89 bits per heavy atom. The number of hydrogen-bond donors (Lipinski definition) is 0.